The largest absolute Gasteiger partial charge is 0.494 e. The predicted molar refractivity (Wildman–Crippen MR) is 62.4 cm³/mol. The summed E-state index contributed by atoms with van der Waals surface area (Å²) in [6.45, 7) is 2.20. The van der Waals surface area contributed by atoms with Crippen LogP contribution in [0.4, 0.5) is 4.39 Å². The van der Waals surface area contributed by atoms with Crippen molar-refractivity contribution in [1.29, 1.82) is 0 Å². The van der Waals surface area contributed by atoms with Crippen LogP contribution in [0.15, 0.2) is 24.3 Å². The summed E-state index contributed by atoms with van der Waals surface area (Å²) < 4.78 is 17.3. The van der Waals surface area contributed by atoms with Crippen molar-refractivity contribution in [3.05, 3.63) is 29.8 Å². The lowest BCUT2D eigenvalue weighted by molar-refractivity contribution is 0.340. The maximum absolute atomic E-state index is 12.0. The number of hydrogen-bond donors (Lipinski definition) is 1. The maximum atomic E-state index is 12.0. The van der Waals surface area contributed by atoms with Gasteiger partial charge in [0.2, 0.25) is 0 Å². The monoisotopic (exact) mass is 233 g/mol. The topological polar surface area (TPSA) is 35.2 Å². The fraction of sp³-hybridized carbons (Fsp3) is 0.455. The molecule has 2 nitrogen and oxygen atoms in total. The molecular formula is C11H17ClFNO. The molecule has 1 aromatic carbocycles. The van der Waals surface area contributed by atoms with Crippen molar-refractivity contribution < 1.29 is 9.13 Å². The van der Waals surface area contributed by atoms with Crippen LogP contribution in [0.5, 0.6) is 5.75 Å². The van der Waals surface area contributed by atoms with Crippen molar-refractivity contribution in [2.75, 3.05) is 13.3 Å². The summed E-state index contributed by atoms with van der Waals surface area (Å²) in [5.74, 6) is 0.823. The van der Waals surface area contributed by atoms with Gasteiger partial charge < -0.3 is 10.5 Å². The van der Waals surface area contributed by atoms with Crippen molar-refractivity contribution in [3.8, 4) is 5.75 Å². The zero-order valence-corrected chi connectivity index (χ0v) is 9.60. The van der Waals surface area contributed by atoms with E-state index in [2.05, 4.69) is 0 Å². The Morgan fingerprint density at radius 2 is 1.93 bits per heavy atom. The molecule has 1 rings (SSSR count). The van der Waals surface area contributed by atoms with Crippen LogP contribution in [0.25, 0.3) is 0 Å². The zero-order chi connectivity index (χ0) is 10.4. The van der Waals surface area contributed by atoms with Gasteiger partial charge in [0, 0.05) is 6.04 Å². The van der Waals surface area contributed by atoms with Crippen LogP contribution in [0.1, 0.15) is 24.9 Å². The lowest BCUT2D eigenvalue weighted by Gasteiger charge is -2.10. The summed E-state index contributed by atoms with van der Waals surface area (Å²) in [6, 6.07) is 7.26. The van der Waals surface area contributed by atoms with Gasteiger partial charge in [-0.1, -0.05) is 12.1 Å². The van der Waals surface area contributed by atoms with E-state index in [0.29, 0.717) is 13.0 Å². The fourth-order valence-corrected chi connectivity index (χ4v) is 1.26. The van der Waals surface area contributed by atoms with E-state index >= 15 is 0 Å². The molecule has 0 aliphatic heterocycles. The molecule has 4 heteroatoms. The van der Waals surface area contributed by atoms with Crippen LogP contribution in [-0.4, -0.2) is 13.3 Å². The number of hydrogen-bond acceptors (Lipinski definition) is 2. The molecule has 0 spiro atoms. The number of rotatable bonds is 5. The van der Waals surface area contributed by atoms with Gasteiger partial charge in [0.25, 0.3) is 0 Å². The molecule has 1 atom stereocenters. The number of alkyl halides is 1. The Morgan fingerprint density at radius 3 is 2.40 bits per heavy atom. The minimum Gasteiger partial charge on any atom is -0.494 e. The lowest BCUT2D eigenvalue weighted by Crippen LogP contribution is -2.10. The highest BCUT2D eigenvalue weighted by Gasteiger charge is 2.04. The molecule has 0 saturated carbocycles. The molecule has 0 radical (unpaired) electrons. The van der Waals surface area contributed by atoms with E-state index in [4.69, 9.17) is 10.5 Å². The van der Waals surface area contributed by atoms with Gasteiger partial charge in [0.1, 0.15) is 5.75 Å². The van der Waals surface area contributed by atoms with Gasteiger partial charge in [-0.2, -0.15) is 0 Å². The molecule has 0 aromatic heterocycles. The summed E-state index contributed by atoms with van der Waals surface area (Å²) in [7, 11) is 0. The lowest BCUT2D eigenvalue weighted by atomic mass is 10.1. The van der Waals surface area contributed by atoms with Crippen LogP contribution in [-0.2, 0) is 0 Å². The molecule has 0 heterocycles. The fourth-order valence-electron chi connectivity index (χ4n) is 1.26. The van der Waals surface area contributed by atoms with Crippen molar-refractivity contribution >= 4 is 12.4 Å². The predicted octanol–water partition coefficient (Wildman–Crippen LogP) is 2.87. The Hall–Kier alpha value is -0.800. The highest BCUT2D eigenvalue weighted by molar-refractivity contribution is 5.85. The van der Waals surface area contributed by atoms with Gasteiger partial charge in [-0.05, 0) is 31.0 Å². The van der Waals surface area contributed by atoms with Gasteiger partial charge in [-0.25, -0.2) is 0 Å². The molecule has 0 bridgehead atoms. The molecule has 86 valence electrons. The van der Waals surface area contributed by atoms with Crippen molar-refractivity contribution in [2.24, 2.45) is 5.73 Å². The highest BCUT2D eigenvalue weighted by atomic mass is 35.5. The summed E-state index contributed by atoms with van der Waals surface area (Å²) in [5.41, 5.74) is 6.70. The van der Waals surface area contributed by atoms with Crippen LogP contribution >= 0.6 is 12.4 Å². The standard InChI is InChI=1S/C11H16FNO.ClH/c1-2-14-10-5-3-9(4-6-10)11(13)7-8-12;/h3-6,11H,2,7-8,13H2,1H3;1H/t11-;/m1./s1. The van der Waals surface area contributed by atoms with Gasteiger partial charge in [-0.3, -0.25) is 4.39 Å². The van der Waals surface area contributed by atoms with E-state index in [9.17, 15) is 4.39 Å². The summed E-state index contributed by atoms with van der Waals surface area (Å²) >= 11 is 0. The molecular weight excluding hydrogens is 217 g/mol. The normalized spacial score (nSPS) is 11.7. The quantitative estimate of drug-likeness (QED) is 0.849. The summed E-state index contributed by atoms with van der Waals surface area (Å²) in [6.07, 6.45) is 0.369. The van der Waals surface area contributed by atoms with E-state index < -0.39 is 0 Å². The second-order valence-electron chi connectivity index (χ2n) is 3.09. The van der Waals surface area contributed by atoms with Crippen LogP contribution in [0, 0.1) is 0 Å². The Bertz CT molecular complexity index is 266. The molecule has 0 saturated heterocycles. The molecule has 1 aromatic rings. The van der Waals surface area contributed by atoms with Crippen LogP contribution in [0.3, 0.4) is 0 Å². The van der Waals surface area contributed by atoms with E-state index in [0.717, 1.165) is 11.3 Å². The molecule has 15 heavy (non-hydrogen) atoms. The van der Waals surface area contributed by atoms with Gasteiger partial charge >= 0.3 is 0 Å². The summed E-state index contributed by atoms with van der Waals surface area (Å²) in [5, 5.41) is 0. The first-order valence-corrected chi connectivity index (χ1v) is 4.82. The third-order valence-electron chi connectivity index (χ3n) is 2.04. The third-order valence-corrected chi connectivity index (χ3v) is 2.04. The number of nitrogens with two attached hydrogens (primary N) is 1. The third kappa shape index (κ3) is 4.49. The smallest absolute Gasteiger partial charge is 0.119 e. The summed E-state index contributed by atoms with van der Waals surface area (Å²) in [4.78, 5) is 0. The molecule has 2 N–H and O–H groups in total. The number of ether oxygens (including phenoxy) is 1. The van der Waals surface area contributed by atoms with Gasteiger partial charge in [0.15, 0.2) is 0 Å². The van der Waals surface area contributed by atoms with Gasteiger partial charge in [0.05, 0.1) is 13.3 Å². The average molecular weight is 234 g/mol. The van der Waals surface area contributed by atoms with Gasteiger partial charge in [-0.15, -0.1) is 12.4 Å². The minimum atomic E-state index is -0.381. The Kier molecular flexibility index (Phi) is 7.09. The molecule has 0 unspecified atom stereocenters. The SMILES string of the molecule is CCOc1ccc([C@H](N)CCF)cc1.Cl. The Morgan fingerprint density at radius 1 is 1.33 bits per heavy atom. The maximum Gasteiger partial charge on any atom is 0.119 e. The first-order valence-electron chi connectivity index (χ1n) is 4.82. The minimum absolute atomic E-state index is 0. The first kappa shape index (κ1) is 14.2. The van der Waals surface area contributed by atoms with Crippen LogP contribution < -0.4 is 10.5 Å². The molecule has 0 amide bonds. The van der Waals surface area contributed by atoms with E-state index in [1.54, 1.807) is 0 Å². The van der Waals surface area contributed by atoms with E-state index in [-0.39, 0.29) is 25.1 Å². The number of halogens is 2. The van der Waals surface area contributed by atoms with Crippen LogP contribution in [0.2, 0.25) is 0 Å². The second-order valence-corrected chi connectivity index (χ2v) is 3.09. The Balaban J connectivity index is 0.00000196. The van der Waals surface area contributed by atoms with E-state index in [1.807, 2.05) is 31.2 Å². The molecule has 0 fully saturated rings. The Labute approximate surface area is 96.0 Å². The van der Waals surface area contributed by atoms with Crippen molar-refractivity contribution in [2.45, 2.75) is 19.4 Å². The first-order chi connectivity index (χ1) is 6.77. The van der Waals surface area contributed by atoms with Crippen molar-refractivity contribution in [3.63, 3.8) is 0 Å². The molecule has 0 aliphatic carbocycles. The number of benzene rings is 1. The average Bonchev–Trinajstić information content (AvgIpc) is 2.20. The zero-order valence-electron chi connectivity index (χ0n) is 8.78. The molecule has 0 aliphatic rings. The second kappa shape index (κ2) is 7.49. The van der Waals surface area contributed by atoms with Crippen molar-refractivity contribution in [1.82, 2.24) is 0 Å². The van der Waals surface area contributed by atoms with E-state index in [1.165, 1.54) is 0 Å². The highest BCUT2D eigenvalue weighted by Crippen LogP contribution is 2.18.